The van der Waals surface area contributed by atoms with Gasteiger partial charge in [0.1, 0.15) is 11.6 Å². The Kier molecular flexibility index (Phi) is 3.77. The molecular formula is C16H14F2N4O. The van der Waals surface area contributed by atoms with Crippen molar-refractivity contribution in [1.82, 2.24) is 14.8 Å². The molecule has 118 valence electrons. The number of halogens is 2. The van der Waals surface area contributed by atoms with Crippen LogP contribution in [0.4, 0.5) is 14.5 Å². The fourth-order valence-electron chi connectivity index (χ4n) is 2.26. The first kappa shape index (κ1) is 15.1. The van der Waals surface area contributed by atoms with E-state index in [2.05, 4.69) is 15.4 Å². The van der Waals surface area contributed by atoms with Gasteiger partial charge in [0.05, 0.1) is 23.6 Å². The highest BCUT2D eigenvalue weighted by Gasteiger charge is 2.14. The molecule has 23 heavy (non-hydrogen) atoms. The minimum absolute atomic E-state index is 0.161. The molecule has 0 aliphatic rings. The highest BCUT2D eigenvalue weighted by atomic mass is 19.1. The number of carbonyl (C=O) groups excluding carboxylic acids is 1. The number of nitrogens with zero attached hydrogens (tertiary/aromatic N) is 3. The lowest BCUT2D eigenvalue weighted by molar-refractivity contribution is 0.102. The summed E-state index contributed by atoms with van der Waals surface area (Å²) in [7, 11) is 0. The van der Waals surface area contributed by atoms with Crippen molar-refractivity contribution in [1.29, 1.82) is 0 Å². The van der Waals surface area contributed by atoms with Crippen LogP contribution in [0.25, 0.3) is 11.0 Å². The van der Waals surface area contributed by atoms with Gasteiger partial charge in [-0.1, -0.05) is 0 Å². The first-order valence-corrected chi connectivity index (χ1v) is 7.05. The second-order valence-corrected chi connectivity index (χ2v) is 5.40. The van der Waals surface area contributed by atoms with E-state index in [9.17, 15) is 13.6 Å². The minimum Gasteiger partial charge on any atom is -0.320 e. The molecule has 0 fully saturated rings. The van der Waals surface area contributed by atoms with E-state index in [4.69, 9.17) is 0 Å². The Hall–Kier alpha value is -2.83. The van der Waals surface area contributed by atoms with Gasteiger partial charge in [0.25, 0.3) is 5.91 Å². The summed E-state index contributed by atoms with van der Waals surface area (Å²) in [6.45, 7) is 3.97. The summed E-state index contributed by atoms with van der Waals surface area (Å²) in [5, 5.41) is 7.55. The molecule has 0 spiro atoms. The highest BCUT2D eigenvalue weighted by molar-refractivity contribution is 6.05. The van der Waals surface area contributed by atoms with E-state index in [0.717, 1.165) is 17.5 Å². The minimum atomic E-state index is -0.913. The van der Waals surface area contributed by atoms with Crippen LogP contribution in [0.3, 0.4) is 0 Å². The normalized spacial score (nSPS) is 11.2. The number of amides is 1. The van der Waals surface area contributed by atoms with E-state index in [0.29, 0.717) is 17.4 Å². The van der Waals surface area contributed by atoms with Crippen LogP contribution in [0.1, 0.15) is 30.2 Å². The van der Waals surface area contributed by atoms with Gasteiger partial charge in [-0.25, -0.2) is 18.4 Å². The molecule has 3 rings (SSSR count). The second kappa shape index (κ2) is 5.75. The molecule has 1 aromatic carbocycles. The average Bonchev–Trinajstić information content (AvgIpc) is 2.90. The van der Waals surface area contributed by atoms with Gasteiger partial charge in [0.15, 0.2) is 5.65 Å². The molecule has 7 heteroatoms. The van der Waals surface area contributed by atoms with Crippen molar-refractivity contribution < 1.29 is 13.6 Å². The molecule has 2 aromatic heterocycles. The molecule has 0 atom stereocenters. The number of rotatable bonds is 3. The summed E-state index contributed by atoms with van der Waals surface area (Å²) in [4.78, 5) is 16.4. The molecule has 0 radical (unpaired) electrons. The molecule has 1 N–H and O–H groups in total. The van der Waals surface area contributed by atoms with Gasteiger partial charge < -0.3 is 5.32 Å². The van der Waals surface area contributed by atoms with Crippen molar-refractivity contribution in [2.24, 2.45) is 0 Å². The zero-order valence-corrected chi connectivity index (χ0v) is 12.5. The molecule has 2 heterocycles. The number of hydrogen-bond acceptors (Lipinski definition) is 3. The zero-order chi connectivity index (χ0) is 16.6. The zero-order valence-electron chi connectivity index (χ0n) is 12.5. The lowest BCUT2D eigenvalue weighted by Crippen LogP contribution is -2.14. The standard InChI is InChI=1S/C16H14F2N4O/c1-9(2)22-15-10(7-20-22)5-12(8-19-15)21-16(23)13-4-3-11(17)6-14(13)18/h3-9H,1-2H3,(H,21,23). The largest absolute Gasteiger partial charge is 0.320 e. The van der Waals surface area contributed by atoms with E-state index in [1.54, 1.807) is 16.9 Å². The number of nitrogens with one attached hydrogen (secondary N) is 1. The fraction of sp³-hybridized carbons (Fsp3) is 0.188. The van der Waals surface area contributed by atoms with E-state index in [1.165, 1.54) is 6.20 Å². The third-order valence-electron chi connectivity index (χ3n) is 3.36. The van der Waals surface area contributed by atoms with Crippen LogP contribution in [-0.4, -0.2) is 20.7 Å². The monoisotopic (exact) mass is 316 g/mol. The number of pyridine rings is 1. The predicted molar refractivity (Wildman–Crippen MR) is 82.2 cm³/mol. The molecule has 0 unspecified atom stereocenters. The van der Waals surface area contributed by atoms with Crippen molar-refractivity contribution in [3.05, 3.63) is 53.9 Å². The topological polar surface area (TPSA) is 59.8 Å². The predicted octanol–water partition coefficient (Wildman–Crippen LogP) is 3.54. The molecule has 3 aromatic rings. The number of aromatic nitrogens is 3. The first-order chi connectivity index (χ1) is 11.0. The van der Waals surface area contributed by atoms with E-state index in [1.807, 2.05) is 13.8 Å². The van der Waals surface area contributed by atoms with E-state index in [-0.39, 0.29) is 11.6 Å². The van der Waals surface area contributed by atoms with Gasteiger partial charge in [-0.15, -0.1) is 0 Å². The van der Waals surface area contributed by atoms with Crippen LogP contribution in [-0.2, 0) is 0 Å². The number of hydrogen-bond donors (Lipinski definition) is 1. The summed E-state index contributed by atoms with van der Waals surface area (Å²) in [5.74, 6) is -2.31. The van der Waals surface area contributed by atoms with Gasteiger partial charge in [0.2, 0.25) is 0 Å². The molecule has 1 amide bonds. The van der Waals surface area contributed by atoms with Crippen LogP contribution in [0.15, 0.2) is 36.7 Å². The summed E-state index contributed by atoms with van der Waals surface area (Å²) < 4.78 is 28.3. The maximum absolute atomic E-state index is 13.6. The van der Waals surface area contributed by atoms with Gasteiger partial charge in [0, 0.05) is 17.5 Å². The first-order valence-electron chi connectivity index (χ1n) is 7.05. The number of benzene rings is 1. The Morgan fingerprint density at radius 1 is 1.22 bits per heavy atom. The third-order valence-corrected chi connectivity index (χ3v) is 3.36. The van der Waals surface area contributed by atoms with Crippen molar-refractivity contribution in [3.8, 4) is 0 Å². The van der Waals surface area contributed by atoms with Crippen LogP contribution >= 0.6 is 0 Å². The lowest BCUT2D eigenvalue weighted by Gasteiger charge is -2.08. The molecule has 0 aliphatic heterocycles. The van der Waals surface area contributed by atoms with Gasteiger partial charge in [-0.05, 0) is 32.0 Å². The highest BCUT2D eigenvalue weighted by Crippen LogP contribution is 2.20. The average molecular weight is 316 g/mol. The van der Waals surface area contributed by atoms with Crippen molar-refractivity contribution in [2.75, 3.05) is 5.32 Å². The Labute approximate surface area is 130 Å². The molecular weight excluding hydrogens is 302 g/mol. The fourth-order valence-corrected chi connectivity index (χ4v) is 2.26. The van der Waals surface area contributed by atoms with Crippen molar-refractivity contribution in [3.63, 3.8) is 0 Å². The van der Waals surface area contributed by atoms with Crippen molar-refractivity contribution >= 4 is 22.6 Å². The van der Waals surface area contributed by atoms with Gasteiger partial charge in [-0.3, -0.25) is 4.79 Å². The smallest absolute Gasteiger partial charge is 0.258 e. The van der Waals surface area contributed by atoms with Crippen LogP contribution in [0.5, 0.6) is 0 Å². The molecule has 0 saturated heterocycles. The number of fused-ring (bicyclic) bond motifs is 1. The van der Waals surface area contributed by atoms with E-state index < -0.39 is 17.5 Å². The van der Waals surface area contributed by atoms with Crippen LogP contribution in [0.2, 0.25) is 0 Å². The third kappa shape index (κ3) is 2.90. The molecule has 5 nitrogen and oxygen atoms in total. The maximum Gasteiger partial charge on any atom is 0.258 e. The van der Waals surface area contributed by atoms with E-state index >= 15 is 0 Å². The molecule has 0 saturated carbocycles. The molecule has 0 bridgehead atoms. The van der Waals surface area contributed by atoms with Gasteiger partial charge in [-0.2, -0.15) is 5.10 Å². The SMILES string of the molecule is CC(C)n1ncc2cc(NC(=O)c3ccc(F)cc3F)cnc21. The summed E-state index contributed by atoms with van der Waals surface area (Å²) >= 11 is 0. The van der Waals surface area contributed by atoms with Crippen molar-refractivity contribution in [2.45, 2.75) is 19.9 Å². The Morgan fingerprint density at radius 2 is 2.00 bits per heavy atom. The second-order valence-electron chi connectivity index (χ2n) is 5.40. The lowest BCUT2D eigenvalue weighted by atomic mass is 10.2. The quantitative estimate of drug-likeness (QED) is 0.804. The summed E-state index contributed by atoms with van der Waals surface area (Å²) in [5.41, 5.74) is 0.880. The number of anilines is 1. The Bertz CT molecular complexity index is 889. The summed E-state index contributed by atoms with van der Waals surface area (Å²) in [6, 6.07) is 4.67. The summed E-state index contributed by atoms with van der Waals surface area (Å²) in [6.07, 6.45) is 3.12. The Morgan fingerprint density at radius 3 is 2.70 bits per heavy atom. The van der Waals surface area contributed by atoms with Crippen LogP contribution in [0, 0.1) is 11.6 Å². The van der Waals surface area contributed by atoms with Gasteiger partial charge >= 0.3 is 0 Å². The molecule has 0 aliphatic carbocycles. The number of carbonyl (C=O) groups is 1. The maximum atomic E-state index is 13.6. The van der Waals surface area contributed by atoms with Crippen LogP contribution < -0.4 is 5.32 Å². The Balaban J connectivity index is 1.88.